The first-order chi connectivity index (χ1) is 12.4. The third kappa shape index (κ3) is 5.28. The summed E-state index contributed by atoms with van der Waals surface area (Å²) in [7, 11) is 0. The number of nitrogens with one attached hydrogen (secondary N) is 2. The lowest BCUT2D eigenvalue weighted by Crippen LogP contribution is -2.47. The van der Waals surface area contributed by atoms with Crippen LogP contribution >= 0.6 is 22.9 Å². The van der Waals surface area contributed by atoms with Gasteiger partial charge in [0, 0.05) is 23.5 Å². The Morgan fingerprint density at radius 3 is 2.81 bits per heavy atom. The standard InChI is InChI=1S/C18H19ClN4O2S/c1-11(2)8-14(17(24)22-7-5-20)23-18(25)15-9-13(16(19)26-15)12-4-3-6-21-10-12/h3-4,6,9-11,14H,7-8H2,1-2H3,(H,22,24)(H,23,25)/t14-/m0/s1. The van der Waals surface area contributed by atoms with E-state index in [0.717, 1.165) is 22.5 Å². The van der Waals surface area contributed by atoms with Gasteiger partial charge in [0.2, 0.25) is 5.91 Å². The fourth-order valence-electron chi connectivity index (χ4n) is 2.38. The van der Waals surface area contributed by atoms with Gasteiger partial charge in [0.05, 0.1) is 10.9 Å². The number of carbonyl (C=O) groups is 2. The van der Waals surface area contributed by atoms with Crippen molar-refractivity contribution in [3.8, 4) is 17.2 Å². The number of carbonyl (C=O) groups excluding carboxylic acids is 2. The number of aromatic nitrogens is 1. The van der Waals surface area contributed by atoms with Gasteiger partial charge in [-0.3, -0.25) is 14.6 Å². The highest BCUT2D eigenvalue weighted by Gasteiger charge is 2.24. The number of nitrogens with zero attached hydrogens (tertiary/aromatic N) is 2. The van der Waals surface area contributed by atoms with E-state index in [9.17, 15) is 9.59 Å². The topological polar surface area (TPSA) is 94.9 Å². The van der Waals surface area contributed by atoms with E-state index in [1.54, 1.807) is 24.5 Å². The molecule has 2 aromatic rings. The maximum Gasteiger partial charge on any atom is 0.262 e. The van der Waals surface area contributed by atoms with Crippen molar-refractivity contribution in [1.29, 1.82) is 5.26 Å². The largest absolute Gasteiger partial charge is 0.341 e. The Balaban J connectivity index is 2.16. The van der Waals surface area contributed by atoms with Crippen LogP contribution in [-0.4, -0.2) is 29.4 Å². The lowest BCUT2D eigenvalue weighted by atomic mass is 10.0. The van der Waals surface area contributed by atoms with Crippen molar-refractivity contribution in [3.05, 3.63) is 39.8 Å². The van der Waals surface area contributed by atoms with E-state index in [1.807, 2.05) is 26.0 Å². The molecular formula is C18H19ClN4O2S. The Bertz CT molecular complexity index is 814. The van der Waals surface area contributed by atoms with Gasteiger partial charge in [0.15, 0.2) is 0 Å². The molecule has 0 unspecified atom stereocenters. The molecule has 2 heterocycles. The highest BCUT2D eigenvalue weighted by Crippen LogP contribution is 2.35. The Morgan fingerprint density at radius 1 is 1.42 bits per heavy atom. The Hall–Kier alpha value is -2.43. The molecule has 0 aliphatic heterocycles. The quantitative estimate of drug-likeness (QED) is 0.709. The van der Waals surface area contributed by atoms with Crippen LogP contribution in [0.5, 0.6) is 0 Å². The molecule has 0 fully saturated rings. The lowest BCUT2D eigenvalue weighted by Gasteiger charge is -2.19. The first kappa shape index (κ1) is 19.9. The minimum absolute atomic E-state index is 0.0979. The van der Waals surface area contributed by atoms with Crippen LogP contribution in [0.1, 0.15) is 29.9 Å². The molecule has 136 valence electrons. The van der Waals surface area contributed by atoms with Gasteiger partial charge in [-0.25, -0.2) is 0 Å². The van der Waals surface area contributed by atoms with Crippen LogP contribution in [0.4, 0.5) is 0 Å². The van der Waals surface area contributed by atoms with Crippen LogP contribution < -0.4 is 10.6 Å². The minimum Gasteiger partial charge on any atom is -0.341 e. The summed E-state index contributed by atoms with van der Waals surface area (Å²) in [5, 5.41) is 13.8. The van der Waals surface area contributed by atoms with Gasteiger partial charge in [-0.15, -0.1) is 11.3 Å². The predicted molar refractivity (Wildman–Crippen MR) is 102 cm³/mol. The van der Waals surface area contributed by atoms with Crippen LogP contribution in [0.15, 0.2) is 30.6 Å². The molecular weight excluding hydrogens is 372 g/mol. The molecule has 0 saturated carbocycles. The van der Waals surface area contributed by atoms with Gasteiger partial charge in [0.25, 0.3) is 5.91 Å². The molecule has 26 heavy (non-hydrogen) atoms. The Labute approximate surface area is 161 Å². The van der Waals surface area contributed by atoms with Crippen molar-refractivity contribution in [2.45, 2.75) is 26.3 Å². The summed E-state index contributed by atoms with van der Waals surface area (Å²) < 4.78 is 0.484. The SMILES string of the molecule is CC(C)C[C@H](NC(=O)c1cc(-c2cccnc2)c(Cl)s1)C(=O)NCC#N. The molecule has 0 aliphatic carbocycles. The third-order valence-electron chi connectivity index (χ3n) is 3.55. The van der Waals surface area contributed by atoms with Crippen molar-refractivity contribution in [1.82, 2.24) is 15.6 Å². The molecule has 0 spiro atoms. The maximum atomic E-state index is 12.6. The second-order valence-corrected chi connectivity index (χ2v) is 7.73. The maximum absolute atomic E-state index is 12.6. The van der Waals surface area contributed by atoms with E-state index in [2.05, 4.69) is 15.6 Å². The van der Waals surface area contributed by atoms with Crippen molar-refractivity contribution < 1.29 is 9.59 Å². The molecule has 0 aliphatic rings. The Kier molecular flexibility index (Phi) is 7.13. The molecule has 1 atom stereocenters. The van der Waals surface area contributed by atoms with E-state index in [0.29, 0.717) is 15.6 Å². The van der Waals surface area contributed by atoms with Crippen LogP contribution in [-0.2, 0) is 4.79 Å². The van der Waals surface area contributed by atoms with Crippen LogP contribution in [0.25, 0.3) is 11.1 Å². The number of nitriles is 1. The summed E-state index contributed by atoms with van der Waals surface area (Å²) in [6.45, 7) is 3.82. The van der Waals surface area contributed by atoms with Gasteiger partial charge in [0.1, 0.15) is 16.9 Å². The summed E-state index contributed by atoms with van der Waals surface area (Å²) in [5.41, 5.74) is 1.54. The van der Waals surface area contributed by atoms with Gasteiger partial charge >= 0.3 is 0 Å². The van der Waals surface area contributed by atoms with Crippen molar-refractivity contribution in [2.24, 2.45) is 5.92 Å². The predicted octanol–water partition coefficient (Wildman–Crippen LogP) is 3.25. The van der Waals surface area contributed by atoms with E-state index in [4.69, 9.17) is 16.9 Å². The average molecular weight is 391 g/mol. The zero-order valence-corrected chi connectivity index (χ0v) is 16.0. The number of pyridine rings is 1. The summed E-state index contributed by atoms with van der Waals surface area (Å²) in [5.74, 6) is -0.542. The molecule has 2 amide bonds. The highest BCUT2D eigenvalue weighted by atomic mass is 35.5. The monoisotopic (exact) mass is 390 g/mol. The minimum atomic E-state index is -0.710. The van der Waals surface area contributed by atoms with Crippen molar-refractivity contribution in [2.75, 3.05) is 6.54 Å². The first-order valence-electron chi connectivity index (χ1n) is 8.07. The molecule has 2 aromatic heterocycles. The number of amides is 2. The fraction of sp³-hybridized carbons (Fsp3) is 0.333. The number of halogens is 1. The van der Waals surface area contributed by atoms with Gasteiger partial charge in [-0.05, 0) is 24.5 Å². The molecule has 2 N–H and O–H groups in total. The van der Waals surface area contributed by atoms with Crippen molar-refractivity contribution in [3.63, 3.8) is 0 Å². The van der Waals surface area contributed by atoms with E-state index < -0.39 is 6.04 Å². The van der Waals surface area contributed by atoms with Gasteiger partial charge in [-0.1, -0.05) is 31.5 Å². The Morgan fingerprint density at radius 2 is 2.19 bits per heavy atom. The summed E-state index contributed by atoms with van der Waals surface area (Å²) in [4.78, 5) is 29.2. The van der Waals surface area contributed by atoms with Crippen molar-refractivity contribution >= 4 is 34.8 Å². The number of rotatable bonds is 7. The smallest absolute Gasteiger partial charge is 0.262 e. The van der Waals surface area contributed by atoms with Crippen LogP contribution in [0.3, 0.4) is 0 Å². The highest BCUT2D eigenvalue weighted by molar-refractivity contribution is 7.18. The molecule has 2 rings (SSSR count). The summed E-state index contributed by atoms with van der Waals surface area (Å²) in [6.07, 6.45) is 3.80. The second-order valence-electron chi connectivity index (χ2n) is 6.07. The summed E-state index contributed by atoms with van der Waals surface area (Å²) in [6, 6.07) is 6.49. The van der Waals surface area contributed by atoms with E-state index in [-0.39, 0.29) is 24.3 Å². The zero-order valence-electron chi connectivity index (χ0n) is 14.5. The van der Waals surface area contributed by atoms with E-state index in [1.165, 1.54) is 0 Å². The van der Waals surface area contributed by atoms with Gasteiger partial charge < -0.3 is 10.6 Å². The molecule has 0 bridgehead atoms. The fourth-order valence-corrected chi connectivity index (χ4v) is 3.60. The molecule has 0 radical (unpaired) electrons. The number of hydrogen-bond donors (Lipinski definition) is 2. The molecule has 0 aromatic carbocycles. The third-order valence-corrected chi connectivity index (χ3v) is 4.91. The van der Waals surface area contributed by atoms with Crippen LogP contribution in [0, 0.1) is 17.2 Å². The molecule has 8 heteroatoms. The molecule has 6 nitrogen and oxygen atoms in total. The molecule has 0 saturated heterocycles. The lowest BCUT2D eigenvalue weighted by molar-refractivity contribution is -0.123. The zero-order chi connectivity index (χ0) is 19.1. The van der Waals surface area contributed by atoms with E-state index >= 15 is 0 Å². The average Bonchev–Trinajstić information content (AvgIpc) is 3.01. The van der Waals surface area contributed by atoms with Crippen LogP contribution in [0.2, 0.25) is 4.34 Å². The summed E-state index contributed by atoms with van der Waals surface area (Å²) >= 11 is 7.42. The number of hydrogen-bond acceptors (Lipinski definition) is 5. The van der Waals surface area contributed by atoms with Gasteiger partial charge in [-0.2, -0.15) is 5.26 Å². The normalized spacial score (nSPS) is 11.7. The first-order valence-corrected chi connectivity index (χ1v) is 9.27. The number of thiophene rings is 1. The second kappa shape index (κ2) is 9.32.